The second-order valence-electron chi connectivity index (χ2n) is 4.55. The van der Waals surface area contributed by atoms with Crippen LogP contribution in [0.5, 0.6) is 5.75 Å². The van der Waals surface area contributed by atoms with Gasteiger partial charge in [0, 0.05) is 0 Å². The molecule has 0 aliphatic rings. The molecule has 1 aromatic rings. The number of hydrogen-bond donors (Lipinski definition) is 1. The fourth-order valence-corrected chi connectivity index (χ4v) is 2.04. The maximum atomic E-state index is 13.8. The minimum absolute atomic E-state index is 0.263. The fraction of sp³-hybridized carbons (Fsp3) is 0.571. The highest BCUT2D eigenvalue weighted by Crippen LogP contribution is 2.35. The predicted molar refractivity (Wildman–Crippen MR) is 66.7 cm³/mol. The van der Waals surface area contributed by atoms with Crippen molar-refractivity contribution in [1.29, 1.82) is 0 Å². The molecular weight excluding hydrogens is 219 g/mol. The molecule has 0 saturated carbocycles. The van der Waals surface area contributed by atoms with Gasteiger partial charge in [0.1, 0.15) is 11.6 Å². The Balaban J connectivity index is 2.96. The highest BCUT2D eigenvalue weighted by atomic mass is 19.1. The predicted octanol–water partition coefficient (Wildman–Crippen LogP) is 3.62. The summed E-state index contributed by atoms with van der Waals surface area (Å²) >= 11 is 0. The number of hydrogen-bond acceptors (Lipinski definition) is 2. The van der Waals surface area contributed by atoms with Gasteiger partial charge in [0.2, 0.25) is 0 Å². The average molecular weight is 240 g/mol. The van der Waals surface area contributed by atoms with E-state index in [1.54, 1.807) is 19.1 Å². The van der Waals surface area contributed by atoms with E-state index in [-0.39, 0.29) is 5.56 Å². The first kappa shape index (κ1) is 14.0. The zero-order valence-corrected chi connectivity index (χ0v) is 10.8. The van der Waals surface area contributed by atoms with Gasteiger partial charge in [-0.1, -0.05) is 32.3 Å². The van der Waals surface area contributed by atoms with E-state index < -0.39 is 11.4 Å². The lowest BCUT2D eigenvalue weighted by Gasteiger charge is -2.26. The molecule has 3 heteroatoms. The van der Waals surface area contributed by atoms with Crippen LogP contribution < -0.4 is 4.74 Å². The molecule has 0 spiro atoms. The van der Waals surface area contributed by atoms with Crippen molar-refractivity contribution in [3.05, 3.63) is 29.6 Å². The summed E-state index contributed by atoms with van der Waals surface area (Å²) in [5.74, 6) is -0.00246. The first-order valence-electron chi connectivity index (χ1n) is 6.08. The number of methoxy groups -OCH3 is 1. The Hall–Kier alpha value is -1.09. The van der Waals surface area contributed by atoms with Gasteiger partial charge in [-0.3, -0.25) is 0 Å². The molecule has 0 aliphatic heterocycles. The van der Waals surface area contributed by atoms with Crippen LogP contribution in [-0.2, 0) is 5.60 Å². The third-order valence-electron chi connectivity index (χ3n) is 3.00. The van der Waals surface area contributed by atoms with Crippen molar-refractivity contribution in [3.63, 3.8) is 0 Å². The van der Waals surface area contributed by atoms with Crippen LogP contribution in [0.4, 0.5) is 4.39 Å². The molecule has 0 fully saturated rings. The van der Waals surface area contributed by atoms with Crippen LogP contribution in [-0.4, -0.2) is 12.2 Å². The van der Waals surface area contributed by atoms with Crippen LogP contribution in [0, 0.1) is 5.82 Å². The highest BCUT2D eigenvalue weighted by Gasteiger charge is 2.29. The van der Waals surface area contributed by atoms with Gasteiger partial charge in [0.15, 0.2) is 0 Å². The van der Waals surface area contributed by atoms with Crippen molar-refractivity contribution < 1.29 is 14.2 Å². The van der Waals surface area contributed by atoms with E-state index in [4.69, 9.17) is 4.74 Å². The van der Waals surface area contributed by atoms with Crippen molar-refractivity contribution in [1.82, 2.24) is 0 Å². The third-order valence-corrected chi connectivity index (χ3v) is 3.00. The molecule has 1 N–H and O–H groups in total. The summed E-state index contributed by atoms with van der Waals surface area (Å²) in [6.07, 6.45) is 3.52. The Kier molecular flexibility index (Phi) is 4.94. The Bertz CT molecular complexity index is 361. The van der Waals surface area contributed by atoms with Gasteiger partial charge >= 0.3 is 0 Å². The molecule has 0 aromatic heterocycles. The van der Waals surface area contributed by atoms with Gasteiger partial charge < -0.3 is 9.84 Å². The Morgan fingerprint density at radius 1 is 1.35 bits per heavy atom. The highest BCUT2D eigenvalue weighted by molar-refractivity contribution is 5.38. The maximum absolute atomic E-state index is 13.8. The molecule has 96 valence electrons. The molecule has 1 rings (SSSR count). The number of unbranched alkanes of at least 4 members (excludes halogenated alkanes) is 2. The summed E-state index contributed by atoms with van der Waals surface area (Å²) in [4.78, 5) is 0. The summed E-state index contributed by atoms with van der Waals surface area (Å²) in [6.45, 7) is 3.74. The van der Waals surface area contributed by atoms with Gasteiger partial charge in [-0.15, -0.1) is 0 Å². The Morgan fingerprint density at radius 3 is 2.65 bits per heavy atom. The minimum atomic E-state index is -1.17. The summed E-state index contributed by atoms with van der Waals surface area (Å²) in [7, 11) is 1.49. The van der Waals surface area contributed by atoms with E-state index in [2.05, 4.69) is 6.92 Å². The third kappa shape index (κ3) is 3.43. The Labute approximate surface area is 102 Å². The molecular formula is C14H21FO2. The molecule has 0 heterocycles. The maximum Gasteiger partial charge on any atom is 0.133 e. The van der Waals surface area contributed by atoms with Crippen LogP contribution in [0.1, 0.15) is 45.1 Å². The molecule has 1 unspecified atom stereocenters. The molecule has 0 amide bonds. The lowest BCUT2D eigenvalue weighted by molar-refractivity contribution is 0.0387. The van der Waals surface area contributed by atoms with E-state index in [0.717, 1.165) is 19.3 Å². The average Bonchev–Trinajstić information content (AvgIpc) is 2.28. The van der Waals surface area contributed by atoms with Gasteiger partial charge in [-0.2, -0.15) is 0 Å². The van der Waals surface area contributed by atoms with Crippen molar-refractivity contribution in [2.24, 2.45) is 0 Å². The fourth-order valence-electron chi connectivity index (χ4n) is 2.04. The number of benzene rings is 1. The first-order chi connectivity index (χ1) is 8.03. The molecule has 0 radical (unpaired) electrons. The number of rotatable bonds is 6. The van der Waals surface area contributed by atoms with E-state index >= 15 is 0 Å². The van der Waals surface area contributed by atoms with Crippen LogP contribution in [0.15, 0.2) is 18.2 Å². The Morgan fingerprint density at radius 2 is 2.06 bits per heavy atom. The minimum Gasteiger partial charge on any atom is -0.496 e. The molecule has 0 aliphatic carbocycles. The standard InChI is InChI=1S/C14H21FO2/c1-4-5-6-10-14(2,16)13-11(15)8-7-9-12(13)17-3/h7-9,16H,4-6,10H2,1-3H3. The molecule has 17 heavy (non-hydrogen) atoms. The molecule has 1 atom stereocenters. The van der Waals surface area contributed by atoms with Crippen molar-refractivity contribution in [2.45, 2.75) is 45.1 Å². The van der Waals surface area contributed by atoms with E-state index in [9.17, 15) is 9.50 Å². The second-order valence-corrected chi connectivity index (χ2v) is 4.55. The zero-order valence-electron chi connectivity index (χ0n) is 10.8. The molecule has 2 nitrogen and oxygen atoms in total. The second kappa shape index (κ2) is 6.01. The van der Waals surface area contributed by atoms with Crippen LogP contribution in [0.2, 0.25) is 0 Å². The molecule has 1 aromatic carbocycles. The lowest BCUT2D eigenvalue weighted by atomic mass is 9.89. The van der Waals surface area contributed by atoms with Gasteiger partial charge in [-0.25, -0.2) is 4.39 Å². The van der Waals surface area contributed by atoms with Crippen LogP contribution in [0.25, 0.3) is 0 Å². The van der Waals surface area contributed by atoms with Crippen molar-refractivity contribution in [3.8, 4) is 5.75 Å². The molecule has 0 saturated heterocycles. The largest absolute Gasteiger partial charge is 0.496 e. The molecule has 0 bridgehead atoms. The zero-order chi connectivity index (χ0) is 12.9. The normalized spacial score (nSPS) is 14.4. The van der Waals surface area contributed by atoms with E-state index in [0.29, 0.717) is 12.2 Å². The number of aliphatic hydroxyl groups is 1. The van der Waals surface area contributed by atoms with E-state index in [1.807, 2.05) is 0 Å². The van der Waals surface area contributed by atoms with Crippen molar-refractivity contribution in [2.75, 3.05) is 7.11 Å². The topological polar surface area (TPSA) is 29.5 Å². The van der Waals surface area contributed by atoms with E-state index in [1.165, 1.54) is 13.2 Å². The summed E-state index contributed by atoms with van der Waals surface area (Å²) in [6, 6.07) is 4.61. The smallest absolute Gasteiger partial charge is 0.133 e. The van der Waals surface area contributed by atoms with Crippen LogP contribution in [0.3, 0.4) is 0 Å². The van der Waals surface area contributed by atoms with Crippen molar-refractivity contribution >= 4 is 0 Å². The summed E-state index contributed by atoms with van der Waals surface area (Å²) in [5.41, 5.74) is -0.912. The van der Waals surface area contributed by atoms with Crippen LogP contribution >= 0.6 is 0 Å². The van der Waals surface area contributed by atoms with Gasteiger partial charge in [-0.05, 0) is 25.5 Å². The van der Waals surface area contributed by atoms with Gasteiger partial charge in [0.25, 0.3) is 0 Å². The number of ether oxygens (including phenoxy) is 1. The lowest BCUT2D eigenvalue weighted by Crippen LogP contribution is -2.23. The van der Waals surface area contributed by atoms with Gasteiger partial charge in [0.05, 0.1) is 18.3 Å². The number of halogens is 1. The summed E-state index contributed by atoms with van der Waals surface area (Å²) < 4.78 is 18.9. The SMILES string of the molecule is CCCCCC(C)(O)c1c(F)cccc1OC. The monoisotopic (exact) mass is 240 g/mol. The quantitative estimate of drug-likeness (QED) is 0.769. The first-order valence-corrected chi connectivity index (χ1v) is 6.08. The summed E-state index contributed by atoms with van der Waals surface area (Å²) in [5, 5.41) is 10.4.